The first kappa shape index (κ1) is 42.6. The molecular weight excluding hydrogens is 853 g/mol. The monoisotopic (exact) mass is 906 g/mol. The van der Waals surface area contributed by atoms with Crippen molar-refractivity contribution in [2.24, 2.45) is 0 Å². The summed E-state index contributed by atoms with van der Waals surface area (Å²) < 4.78 is 5.09. The minimum absolute atomic E-state index is 0.0142. The van der Waals surface area contributed by atoms with Crippen molar-refractivity contribution < 1.29 is 0 Å². The molecule has 334 valence electrons. The lowest BCUT2D eigenvalue weighted by Gasteiger charge is -2.30. The third kappa shape index (κ3) is 7.32. The average molecular weight is 907 g/mol. The summed E-state index contributed by atoms with van der Waals surface area (Å²) in [6.45, 7) is 14.0. The summed E-state index contributed by atoms with van der Waals surface area (Å²) >= 11 is 1.88. The maximum atomic E-state index is 2.51. The van der Waals surface area contributed by atoms with Gasteiger partial charge in [0.1, 0.15) is 0 Å². The van der Waals surface area contributed by atoms with Crippen molar-refractivity contribution >= 4 is 81.1 Å². The normalized spacial score (nSPS) is 12.2. The SMILES string of the molecule is CC(C)(C)c1cc(-c2cccc3cccc(-c4ccccc4N(c4ccc(-c5cccc6c5sc5ccccc56)cc4)c4cccc5c6ccccc6n(-c6ccccc6)c45)c23)cc(C(C)(C)C)c1. The summed E-state index contributed by atoms with van der Waals surface area (Å²) in [5.74, 6) is 0. The lowest BCUT2D eigenvalue weighted by molar-refractivity contribution is 0.569. The Bertz CT molecular complexity index is 3870. The van der Waals surface area contributed by atoms with Crippen LogP contribution in [0.15, 0.2) is 218 Å². The maximum absolute atomic E-state index is 2.51. The van der Waals surface area contributed by atoms with Gasteiger partial charge in [0, 0.05) is 47.9 Å². The van der Waals surface area contributed by atoms with E-state index in [0.29, 0.717) is 0 Å². The van der Waals surface area contributed by atoms with Gasteiger partial charge in [-0.25, -0.2) is 0 Å². The number of aromatic nitrogens is 1. The highest BCUT2D eigenvalue weighted by Crippen LogP contribution is 2.49. The van der Waals surface area contributed by atoms with Crippen molar-refractivity contribution in [1.29, 1.82) is 0 Å². The second-order valence-corrected chi connectivity index (χ2v) is 21.6. The topological polar surface area (TPSA) is 8.17 Å². The molecule has 0 spiro atoms. The van der Waals surface area contributed by atoms with Crippen molar-refractivity contribution in [3.63, 3.8) is 0 Å². The first-order chi connectivity index (χ1) is 33.5. The molecule has 0 aliphatic heterocycles. The van der Waals surface area contributed by atoms with Gasteiger partial charge in [0.15, 0.2) is 0 Å². The number of nitrogens with zero attached hydrogens (tertiary/aromatic N) is 2. The molecule has 0 radical (unpaired) electrons. The lowest BCUT2D eigenvalue weighted by Crippen LogP contribution is -2.16. The highest BCUT2D eigenvalue weighted by Gasteiger charge is 2.26. The summed E-state index contributed by atoms with van der Waals surface area (Å²) in [6, 6.07) is 81.3. The van der Waals surface area contributed by atoms with Crippen molar-refractivity contribution in [3.05, 3.63) is 230 Å². The van der Waals surface area contributed by atoms with Crippen LogP contribution in [0.4, 0.5) is 17.1 Å². The van der Waals surface area contributed by atoms with Crippen LogP contribution in [0, 0.1) is 0 Å². The number of rotatable bonds is 7. The van der Waals surface area contributed by atoms with Crippen LogP contribution in [0.25, 0.3) is 91.8 Å². The molecule has 0 saturated carbocycles. The molecule has 0 N–H and O–H groups in total. The third-order valence-corrected chi connectivity index (χ3v) is 15.3. The number of benzene rings is 10. The van der Waals surface area contributed by atoms with Gasteiger partial charge in [-0.05, 0) is 109 Å². The Hall–Kier alpha value is -7.72. The van der Waals surface area contributed by atoms with E-state index in [1.54, 1.807) is 0 Å². The van der Waals surface area contributed by atoms with E-state index in [0.717, 1.165) is 33.8 Å². The van der Waals surface area contributed by atoms with Crippen LogP contribution in [0.1, 0.15) is 52.7 Å². The standard InChI is InChI=1S/C66H54N2S/c1-65(2,3)46-40-45(41-47(42-46)66(4,5)6)50-27-16-20-44-21-17-29-55(62(44)50)52-24-10-13-32-58(52)67(49-38-36-43(37-39-49)51-28-18-31-57-54-26-12-15-35-61(54)69-64(51)57)60-34-19-30-56-53-25-11-14-33-59(53)68(63(56)60)48-22-8-7-9-23-48/h7-42H,1-6H3. The summed E-state index contributed by atoms with van der Waals surface area (Å²) in [4.78, 5) is 2.51. The van der Waals surface area contributed by atoms with Crippen LogP contribution < -0.4 is 4.90 Å². The molecule has 10 aromatic carbocycles. The van der Waals surface area contributed by atoms with E-state index in [4.69, 9.17) is 0 Å². The Morgan fingerprint density at radius 1 is 0.406 bits per heavy atom. The Morgan fingerprint density at radius 2 is 0.971 bits per heavy atom. The largest absolute Gasteiger partial charge is 0.308 e. The van der Waals surface area contributed by atoms with Crippen molar-refractivity contribution in [2.75, 3.05) is 4.90 Å². The minimum atomic E-state index is -0.0142. The van der Waals surface area contributed by atoms with Gasteiger partial charge in [0.2, 0.25) is 0 Å². The van der Waals surface area contributed by atoms with E-state index in [2.05, 4.69) is 269 Å². The van der Waals surface area contributed by atoms with Gasteiger partial charge < -0.3 is 9.47 Å². The van der Waals surface area contributed by atoms with Crippen LogP contribution in [0.5, 0.6) is 0 Å². The third-order valence-electron chi connectivity index (χ3n) is 14.1. The fourth-order valence-electron chi connectivity index (χ4n) is 10.6. The Morgan fingerprint density at radius 3 is 1.72 bits per heavy atom. The summed E-state index contributed by atoms with van der Waals surface area (Å²) in [6.07, 6.45) is 0. The fourth-order valence-corrected chi connectivity index (χ4v) is 11.8. The Balaban J connectivity index is 1.12. The van der Waals surface area contributed by atoms with Gasteiger partial charge in [0.25, 0.3) is 0 Å². The molecule has 12 rings (SSSR count). The molecule has 0 aliphatic carbocycles. The van der Waals surface area contributed by atoms with Crippen molar-refractivity contribution in [1.82, 2.24) is 4.57 Å². The van der Waals surface area contributed by atoms with Crippen LogP contribution >= 0.6 is 11.3 Å². The molecule has 2 aromatic heterocycles. The molecule has 0 fully saturated rings. The first-order valence-electron chi connectivity index (χ1n) is 24.2. The zero-order valence-electron chi connectivity index (χ0n) is 40.1. The smallest absolute Gasteiger partial charge is 0.0782 e. The van der Waals surface area contributed by atoms with Gasteiger partial charge in [0.05, 0.1) is 22.4 Å². The van der Waals surface area contributed by atoms with Crippen LogP contribution in [0.3, 0.4) is 0 Å². The van der Waals surface area contributed by atoms with Crippen LogP contribution in [-0.2, 0) is 10.8 Å². The van der Waals surface area contributed by atoms with Crippen molar-refractivity contribution in [2.45, 2.75) is 52.4 Å². The number of hydrogen-bond acceptors (Lipinski definition) is 2. The summed E-state index contributed by atoms with van der Waals surface area (Å²) in [5, 5.41) is 7.53. The van der Waals surface area contributed by atoms with E-state index in [1.165, 1.54) is 86.2 Å². The Labute approximate surface area is 409 Å². The molecule has 0 saturated heterocycles. The molecular formula is C66H54N2S. The predicted molar refractivity (Wildman–Crippen MR) is 300 cm³/mol. The van der Waals surface area contributed by atoms with E-state index in [1.807, 2.05) is 11.3 Å². The Kier molecular flexibility index (Phi) is 10.2. The first-order valence-corrected chi connectivity index (χ1v) is 25.0. The van der Waals surface area contributed by atoms with Gasteiger partial charge >= 0.3 is 0 Å². The van der Waals surface area contributed by atoms with Gasteiger partial charge in [-0.3, -0.25) is 0 Å². The summed E-state index contributed by atoms with van der Waals surface area (Å²) in [7, 11) is 0. The minimum Gasteiger partial charge on any atom is -0.308 e. The molecule has 2 heterocycles. The zero-order valence-corrected chi connectivity index (χ0v) is 40.9. The molecule has 0 bridgehead atoms. The summed E-state index contributed by atoms with van der Waals surface area (Å²) in [5.41, 5.74) is 16.7. The van der Waals surface area contributed by atoms with Gasteiger partial charge in [-0.2, -0.15) is 0 Å². The average Bonchev–Trinajstić information content (AvgIpc) is 3.93. The number of anilines is 3. The molecule has 0 amide bonds. The zero-order chi connectivity index (χ0) is 47.0. The molecule has 2 nitrogen and oxygen atoms in total. The predicted octanol–water partition coefficient (Wildman–Crippen LogP) is 19.4. The van der Waals surface area contributed by atoms with Crippen LogP contribution in [-0.4, -0.2) is 4.57 Å². The molecule has 0 atom stereocenters. The lowest BCUT2D eigenvalue weighted by atomic mass is 9.78. The van der Waals surface area contributed by atoms with E-state index in [-0.39, 0.29) is 10.8 Å². The fraction of sp³-hybridized carbons (Fsp3) is 0.121. The van der Waals surface area contributed by atoms with Crippen LogP contribution in [0.2, 0.25) is 0 Å². The van der Waals surface area contributed by atoms with Gasteiger partial charge in [-0.1, -0.05) is 211 Å². The van der Waals surface area contributed by atoms with Crippen molar-refractivity contribution in [3.8, 4) is 39.1 Å². The second-order valence-electron chi connectivity index (χ2n) is 20.5. The van der Waals surface area contributed by atoms with Gasteiger partial charge in [-0.15, -0.1) is 11.3 Å². The van der Waals surface area contributed by atoms with E-state index >= 15 is 0 Å². The molecule has 69 heavy (non-hydrogen) atoms. The number of fused-ring (bicyclic) bond motifs is 7. The highest BCUT2D eigenvalue weighted by atomic mass is 32.1. The molecule has 3 heteroatoms. The second kappa shape index (κ2) is 16.5. The number of thiophene rings is 1. The number of hydrogen-bond donors (Lipinski definition) is 0. The maximum Gasteiger partial charge on any atom is 0.0782 e. The number of para-hydroxylation sites is 4. The van der Waals surface area contributed by atoms with E-state index < -0.39 is 0 Å². The highest BCUT2D eigenvalue weighted by molar-refractivity contribution is 7.26. The van der Waals surface area contributed by atoms with E-state index in [9.17, 15) is 0 Å². The molecule has 0 aliphatic rings. The molecule has 0 unspecified atom stereocenters. The molecule has 12 aromatic rings. The quantitative estimate of drug-likeness (QED) is 0.155.